The summed E-state index contributed by atoms with van der Waals surface area (Å²) in [7, 11) is 0. The first kappa shape index (κ1) is 27.7. The second-order valence-corrected chi connectivity index (χ2v) is 8.75. The van der Waals surface area contributed by atoms with E-state index in [2.05, 4.69) is 0 Å². The molecule has 0 bridgehead atoms. The number of hydrogen-bond acceptors (Lipinski definition) is 11. The maximum absolute atomic E-state index is 13.3. The highest BCUT2D eigenvalue weighted by Gasteiger charge is 2.52. The maximum Gasteiger partial charge on any atom is 0.303 e. The minimum atomic E-state index is -1.35. The second kappa shape index (κ2) is 11.5. The van der Waals surface area contributed by atoms with Crippen molar-refractivity contribution in [3.8, 4) is 0 Å². The van der Waals surface area contributed by atoms with Gasteiger partial charge in [-0.25, -0.2) is 0 Å². The Hall–Kier alpha value is -3.86. The Kier molecular flexibility index (Phi) is 8.59. The van der Waals surface area contributed by atoms with E-state index in [0.29, 0.717) is 0 Å². The standard InChI is InChI=1S/C26H28O11/c1-12-19(23(32)18-9-7-6-8-17(18)22(12)31)10-20-24(34-14(3)28)26(36-16(5)30)25(35-15(4)29)21(37-20)11-33-13(2)27/h6-9,20-21,24-26H,10-11H2,1-5H3/t20-,21+,24-,25+,26+/m0/s1. The lowest BCUT2D eigenvalue weighted by atomic mass is 9.80. The minimum Gasteiger partial charge on any atom is -0.463 e. The van der Waals surface area contributed by atoms with Crippen LogP contribution in [0.5, 0.6) is 0 Å². The predicted molar refractivity (Wildman–Crippen MR) is 124 cm³/mol. The summed E-state index contributed by atoms with van der Waals surface area (Å²) in [5.74, 6) is -3.65. The number of esters is 4. The molecule has 1 aliphatic carbocycles. The normalized spacial score (nSPS) is 25.2. The number of hydrogen-bond donors (Lipinski definition) is 0. The fourth-order valence-corrected chi connectivity index (χ4v) is 4.48. The second-order valence-electron chi connectivity index (χ2n) is 8.75. The molecule has 11 nitrogen and oxygen atoms in total. The van der Waals surface area contributed by atoms with E-state index in [-0.39, 0.29) is 41.1 Å². The summed E-state index contributed by atoms with van der Waals surface area (Å²) in [6.07, 6.45) is -6.46. The van der Waals surface area contributed by atoms with Crippen LogP contribution in [0.15, 0.2) is 35.4 Å². The first-order valence-electron chi connectivity index (χ1n) is 11.6. The number of allylic oxidation sites excluding steroid dienone is 1. The van der Waals surface area contributed by atoms with Gasteiger partial charge in [0.05, 0.1) is 0 Å². The molecule has 1 heterocycles. The van der Waals surface area contributed by atoms with Crippen molar-refractivity contribution in [2.75, 3.05) is 6.61 Å². The number of fused-ring (bicyclic) bond motifs is 1. The molecule has 2 aliphatic rings. The maximum atomic E-state index is 13.3. The average Bonchev–Trinajstić information content (AvgIpc) is 2.81. The van der Waals surface area contributed by atoms with Crippen molar-refractivity contribution in [2.45, 2.75) is 71.6 Å². The van der Waals surface area contributed by atoms with Gasteiger partial charge in [0.15, 0.2) is 29.9 Å². The van der Waals surface area contributed by atoms with Gasteiger partial charge in [-0.05, 0) is 6.92 Å². The van der Waals surface area contributed by atoms with Gasteiger partial charge in [-0.1, -0.05) is 24.3 Å². The van der Waals surface area contributed by atoms with Crippen LogP contribution < -0.4 is 0 Å². The molecule has 0 N–H and O–H groups in total. The zero-order valence-electron chi connectivity index (χ0n) is 21.1. The molecule has 1 aromatic carbocycles. The molecule has 0 unspecified atom stereocenters. The fourth-order valence-electron chi connectivity index (χ4n) is 4.48. The van der Waals surface area contributed by atoms with Gasteiger partial charge in [0, 0.05) is 56.4 Å². The summed E-state index contributed by atoms with van der Waals surface area (Å²) in [5, 5.41) is 0. The summed E-state index contributed by atoms with van der Waals surface area (Å²) in [6.45, 7) is 5.67. The summed E-state index contributed by atoms with van der Waals surface area (Å²) in [6, 6.07) is 6.39. The van der Waals surface area contributed by atoms with E-state index >= 15 is 0 Å². The number of ether oxygens (including phenoxy) is 5. The molecule has 0 spiro atoms. The van der Waals surface area contributed by atoms with Crippen LogP contribution in [0.1, 0.15) is 61.8 Å². The van der Waals surface area contributed by atoms with Crippen molar-refractivity contribution in [3.05, 3.63) is 46.5 Å². The van der Waals surface area contributed by atoms with Crippen molar-refractivity contribution in [3.63, 3.8) is 0 Å². The topological polar surface area (TPSA) is 149 Å². The third-order valence-corrected chi connectivity index (χ3v) is 5.98. The van der Waals surface area contributed by atoms with E-state index in [1.807, 2.05) is 0 Å². The average molecular weight is 516 g/mol. The molecule has 1 fully saturated rings. The number of benzene rings is 1. The van der Waals surface area contributed by atoms with Gasteiger partial charge in [-0.15, -0.1) is 0 Å². The third kappa shape index (κ3) is 6.29. The minimum absolute atomic E-state index is 0.129. The van der Waals surface area contributed by atoms with Gasteiger partial charge < -0.3 is 23.7 Å². The van der Waals surface area contributed by atoms with Crippen molar-refractivity contribution in [2.24, 2.45) is 0 Å². The lowest BCUT2D eigenvalue weighted by Gasteiger charge is -2.44. The molecule has 37 heavy (non-hydrogen) atoms. The Bertz CT molecular complexity index is 1160. The van der Waals surface area contributed by atoms with Gasteiger partial charge in [-0.2, -0.15) is 0 Å². The smallest absolute Gasteiger partial charge is 0.303 e. The first-order valence-corrected chi connectivity index (χ1v) is 11.6. The molecule has 0 radical (unpaired) electrons. The molecule has 0 amide bonds. The highest BCUT2D eigenvalue weighted by atomic mass is 16.7. The molecular weight excluding hydrogens is 488 g/mol. The molecule has 1 aromatic rings. The monoisotopic (exact) mass is 516 g/mol. The van der Waals surface area contributed by atoms with E-state index in [4.69, 9.17) is 23.7 Å². The molecular formula is C26H28O11. The SMILES string of the molecule is CC(=O)OC[C@H]1O[C@@H](CC2=C(C)C(=O)c3ccccc3C2=O)[C@H](OC(C)=O)[C@@H](OC(C)=O)[C@@H]1OC(C)=O. The van der Waals surface area contributed by atoms with Crippen LogP contribution in [-0.2, 0) is 42.9 Å². The Morgan fingerprint density at radius 1 is 0.730 bits per heavy atom. The van der Waals surface area contributed by atoms with Crippen LogP contribution in [0.2, 0.25) is 0 Å². The number of ketones is 2. The molecule has 3 rings (SSSR count). The number of carbonyl (C=O) groups is 6. The summed E-state index contributed by atoms with van der Waals surface area (Å²) >= 11 is 0. The zero-order valence-corrected chi connectivity index (χ0v) is 21.1. The highest BCUT2D eigenvalue weighted by molar-refractivity contribution is 6.26. The van der Waals surface area contributed by atoms with Crippen LogP contribution in [0, 0.1) is 0 Å². The lowest BCUT2D eigenvalue weighted by Crippen LogP contribution is -2.62. The van der Waals surface area contributed by atoms with E-state index in [9.17, 15) is 28.8 Å². The van der Waals surface area contributed by atoms with Gasteiger partial charge >= 0.3 is 23.9 Å². The highest BCUT2D eigenvalue weighted by Crippen LogP contribution is 2.35. The lowest BCUT2D eigenvalue weighted by molar-refractivity contribution is -0.252. The summed E-state index contributed by atoms with van der Waals surface area (Å²) < 4.78 is 27.4. The molecule has 1 aliphatic heterocycles. The van der Waals surface area contributed by atoms with Crippen molar-refractivity contribution in [1.29, 1.82) is 0 Å². The number of rotatable bonds is 7. The zero-order chi connectivity index (χ0) is 27.4. The molecule has 0 saturated carbocycles. The number of carbonyl (C=O) groups excluding carboxylic acids is 6. The van der Waals surface area contributed by atoms with Crippen molar-refractivity contribution >= 4 is 35.4 Å². The van der Waals surface area contributed by atoms with Gasteiger partial charge in [0.25, 0.3) is 0 Å². The van der Waals surface area contributed by atoms with Crippen LogP contribution in [0.3, 0.4) is 0 Å². The summed E-state index contributed by atoms with van der Waals surface area (Å²) in [5.41, 5.74) is 0.815. The quantitative estimate of drug-likeness (QED) is 0.386. The van der Waals surface area contributed by atoms with E-state index < -0.39 is 60.2 Å². The largest absolute Gasteiger partial charge is 0.463 e. The van der Waals surface area contributed by atoms with E-state index in [0.717, 1.165) is 20.8 Å². The van der Waals surface area contributed by atoms with Crippen LogP contribution >= 0.6 is 0 Å². The van der Waals surface area contributed by atoms with E-state index in [1.54, 1.807) is 18.2 Å². The summed E-state index contributed by atoms with van der Waals surface area (Å²) in [4.78, 5) is 73.7. The Morgan fingerprint density at radius 2 is 1.22 bits per heavy atom. The molecule has 198 valence electrons. The van der Waals surface area contributed by atoms with Gasteiger partial charge in [0.1, 0.15) is 18.8 Å². The van der Waals surface area contributed by atoms with E-state index in [1.165, 1.54) is 19.9 Å². The molecule has 0 aromatic heterocycles. The Balaban J connectivity index is 2.06. The van der Waals surface area contributed by atoms with Crippen LogP contribution in [0.4, 0.5) is 0 Å². The van der Waals surface area contributed by atoms with Gasteiger partial charge in [0.2, 0.25) is 0 Å². The molecule has 5 atom stereocenters. The number of Topliss-reactive ketones (excluding diaryl/α,β-unsaturated/α-hetero) is 2. The van der Waals surface area contributed by atoms with Crippen molar-refractivity contribution in [1.82, 2.24) is 0 Å². The van der Waals surface area contributed by atoms with Crippen molar-refractivity contribution < 1.29 is 52.5 Å². The van der Waals surface area contributed by atoms with Crippen LogP contribution in [-0.4, -0.2) is 72.6 Å². The first-order chi connectivity index (χ1) is 17.4. The Labute approximate surface area is 213 Å². The predicted octanol–water partition coefficient (Wildman–Crippen LogP) is 1.90. The third-order valence-electron chi connectivity index (χ3n) is 5.98. The molecule has 1 saturated heterocycles. The van der Waals surface area contributed by atoms with Gasteiger partial charge in [-0.3, -0.25) is 28.8 Å². The fraction of sp³-hybridized carbons (Fsp3) is 0.462. The molecule has 11 heteroatoms. The van der Waals surface area contributed by atoms with Crippen LogP contribution in [0.25, 0.3) is 0 Å². The Morgan fingerprint density at radius 3 is 1.73 bits per heavy atom.